The first kappa shape index (κ1) is 7.52. The third kappa shape index (κ3) is 3.70. The maximum Gasteiger partial charge on any atom is 0.389 e. The third-order valence-electron chi connectivity index (χ3n) is 0.347. The van der Waals surface area contributed by atoms with E-state index in [4.69, 9.17) is 0 Å². The zero-order valence-electron chi connectivity index (χ0n) is 3.29. The summed E-state index contributed by atoms with van der Waals surface area (Å²) >= 11 is 3.81. The van der Waals surface area contributed by atoms with Crippen molar-refractivity contribution in [2.75, 3.05) is 0 Å². The molecule has 0 radical (unpaired) electrons. The molecule has 0 aromatic heterocycles. The summed E-state index contributed by atoms with van der Waals surface area (Å²) in [6.07, 6.45) is 0. The molecule has 0 aliphatic rings. The quantitative estimate of drug-likeness (QED) is 0.513. The highest BCUT2D eigenvalue weighted by Gasteiger charge is 2.17. The molecule has 0 N–H and O–H groups in total. The fourth-order valence-electron chi connectivity index (χ4n) is 0. The van der Waals surface area contributed by atoms with Gasteiger partial charge in [-0.25, -0.2) is 0 Å². The molecule has 0 rings (SSSR count). The Morgan fingerprint density at radius 3 is 1.67 bits per heavy atom. The van der Waals surface area contributed by atoms with Crippen molar-refractivity contribution in [3.05, 3.63) is 0 Å². The number of halogens is 3. The van der Waals surface area contributed by atoms with Gasteiger partial charge in [0.25, 0.3) is 0 Å². The molecule has 0 unspecified atom stereocenters. The zero-order chi connectivity index (χ0) is 5.15. The lowest BCUT2D eigenvalue weighted by molar-refractivity contribution is 0.888. The molecule has 0 aromatic rings. The average Bonchev–Trinajstić information content (AvgIpc) is 1.36. The fourth-order valence-corrected chi connectivity index (χ4v) is 0. The maximum absolute atomic E-state index is 11.8. The van der Waals surface area contributed by atoms with Crippen molar-refractivity contribution in [1.29, 1.82) is 0 Å². The summed E-state index contributed by atoms with van der Waals surface area (Å²) in [6, 6.07) is 0. The fraction of sp³-hybridized carbons (Fsp3) is 1.00. The van der Waals surface area contributed by atoms with Crippen molar-refractivity contribution < 1.29 is 4.32 Å². The molecule has 0 atom stereocenters. The van der Waals surface area contributed by atoms with E-state index in [2.05, 4.69) is 0 Å². The van der Waals surface area contributed by atoms with Gasteiger partial charge in [-0.1, -0.05) is 6.82 Å². The normalized spacial score (nSPS) is 8.00. The van der Waals surface area contributed by atoms with Gasteiger partial charge in [-0.3, -0.25) is 0 Å². The van der Waals surface area contributed by atoms with Crippen LogP contribution >= 0.6 is 44.7 Å². The van der Waals surface area contributed by atoms with Gasteiger partial charge >= 0.3 is 4.74 Å². The standard InChI is InChI=1S/CH3B2FI2/c1-2(5)3(4)6/h1H3. The lowest BCUT2D eigenvalue weighted by Gasteiger charge is -1.87. The molecule has 5 heteroatoms. The van der Waals surface area contributed by atoms with Crippen LogP contribution in [0.3, 0.4) is 0 Å². The smallest absolute Gasteiger partial charge is 0.331 e. The number of hydrogen-bond donors (Lipinski definition) is 0. The van der Waals surface area contributed by atoms with Gasteiger partial charge < -0.3 is 4.32 Å². The Bertz CT molecular complexity index is 32.5. The van der Waals surface area contributed by atoms with Crippen LogP contribution < -0.4 is 0 Å². The Labute approximate surface area is 64.6 Å². The highest BCUT2D eigenvalue weighted by Crippen LogP contribution is 2.06. The summed E-state index contributed by atoms with van der Waals surface area (Å²) in [4.78, 5) is 0. The SMILES string of the molecule is CB(I)B(F)I. The van der Waals surface area contributed by atoms with E-state index in [0.717, 1.165) is 0 Å². The monoisotopic (exact) mass is 310 g/mol. The third-order valence-corrected chi connectivity index (χ3v) is 3.43. The minimum absolute atomic E-state index is 0.142. The summed E-state index contributed by atoms with van der Waals surface area (Å²) in [5.41, 5.74) is 0. The average molecular weight is 309 g/mol. The predicted molar refractivity (Wildman–Crippen MR) is 46.5 cm³/mol. The Morgan fingerprint density at radius 1 is 1.50 bits per heavy atom. The molecule has 0 heterocycles. The Morgan fingerprint density at radius 2 is 1.67 bits per heavy atom. The summed E-state index contributed by atoms with van der Waals surface area (Å²) in [6.45, 7) is 1.84. The highest BCUT2D eigenvalue weighted by molar-refractivity contribution is 14.2. The lowest BCUT2D eigenvalue weighted by Crippen LogP contribution is -2.12. The van der Waals surface area contributed by atoms with E-state index in [1.165, 1.54) is 0 Å². The van der Waals surface area contributed by atoms with E-state index >= 15 is 0 Å². The largest absolute Gasteiger partial charge is 0.389 e. The minimum atomic E-state index is -0.691. The lowest BCUT2D eigenvalue weighted by atomic mass is 9.54. The summed E-state index contributed by atoms with van der Waals surface area (Å²) in [5.74, 6) is 0. The first-order valence-corrected chi connectivity index (χ1v) is 4.06. The van der Waals surface area contributed by atoms with Crippen LogP contribution in [0.15, 0.2) is 0 Å². The summed E-state index contributed by atoms with van der Waals surface area (Å²) in [5, 5.41) is 0. The van der Waals surface area contributed by atoms with Gasteiger partial charge in [0.15, 0.2) is 0 Å². The van der Waals surface area contributed by atoms with Crippen LogP contribution in [0.2, 0.25) is 6.82 Å². The summed E-state index contributed by atoms with van der Waals surface area (Å²) < 4.78 is 11.3. The van der Waals surface area contributed by atoms with Crippen molar-refractivity contribution in [1.82, 2.24) is 0 Å². The maximum atomic E-state index is 11.8. The summed E-state index contributed by atoms with van der Waals surface area (Å²) in [7, 11) is 0. The molecule has 0 spiro atoms. The van der Waals surface area contributed by atoms with Crippen LogP contribution in [0.4, 0.5) is 4.32 Å². The molecule has 0 saturated heterocycles. The molecular formula is CH3B2FI2. The second-order valence-corrected chi connectivity index (χ2v) is 4.17. The molecule has 34 valence electrons. The van der Waals surface area contributed by atoms with Crippen LogP contribution in [0.5, 0.6) is 0 Å². The van der Waals surface area contributed by atoms with Crippen molar-refractivity contribution in [2.24, 2.45) is 0 Å². The predicted octanol–water partition coefficient (Wildman–Crippen LogP) is 2.01. The van der Waals surface area contributed by atoms with Crippen molar-refractivity contribution in [2.45, 2.75) is 6.82 Å². The van der Waals surface area contributed by atoms with E-state index in [1.54, 1.807) is 22.4 Å². The van der Waals surface area contributed by atoms with Crippen LogP contribution in [0.1, 0.15) is 0 Å². The molecule has 0 amide bonds. The van der Waals surface area contributed by atoms with Gasteiger partial charge in [0.2, 0.25) is 4.46 Å². The molecule has 0 aromatic carbocycles. The Hall–Kier alpha value is 1.52. The molecule has 6 heavy (non-hydrogen) atoms. The van der Waals surface area contributed by atoms with Crippen LogP contribution in [0, 0.1) is 0 Å². The van der Waals surface area contributed by atoms with E-state index in [9.17, 15) is 4.32 Å². The first-order valence-electron chi connectivity index (χ1n) is 1.57. The second kappa shape index (κ2) is 3.51. The van der Waals surface area contributed by atoms with Gasteiger partial charge in [-0.05, 0) is 0 Å². The van der Waals surface area contributed by atoms with Crippen molar-refractivity contribution >= 4 is 53.9 Å². The van der Waals surface area contributed by atoms with E-state index in [1.807, 2.05) is 29.2 Å². The first-order chi connectivity index (χ1) is 2.64. The minimum Gasteiger partial charge on any atom is -0.331 e. The molecular weight excluding hydrogens is 306 g/mol. The van der Waals surface area contributed by atoms with Crippen LogP contribution in [0.25, 0.3) is 0 Å². The molecule has 0 nitrogen and oxygen atoms in total. The van der Waals surface area contributed by atoms with Crippen molar-refractivity contribution in [3.63, 3.8) is 0 Å². The van der Waals surface area contributed by atoms with E-state index < -0.39 is 4.74 Å². The Balaban J connectivity index is 2.99. The molecule has 0 aliphatic heterocycles. The van der Waals surface area contributed by atoms with Gasteiger partial charge in [0, 0.05) is 0 Å². The van der Waals surface area contributed by atoms with Gasteiger partial charge in [0.1, 0.15) is 0 Å². The molecule has 0 saturated carbocycles. The molecule has 0 aliphatic carbocycles. The van der Waals surface area contributed by atoms with Gasteiger partial charge in [-0.15, -0.1) is 22.4 Å². The molecule has 0 fully saturated rings. The Kier molecular flexibility index (Phi) is 4.40. The van der Waals surface area contributed by atoms with E-state index in [-0.39, 0.29) is 4.46 Å². The second-order valence-electron chi connectivity index (χ2n) is 1.01. The van der Waals surface area contributed by atoms with Gasteiger partial charge in [0.05, 0.1) is 0 Å². The van der Waals surface area contributed by atoms with E-state index in [0.29, 0.717) is 0 Å². The number of hydrogen-bond acceptors (Lipinski definition) is 0. The molecule has 0 bridgehead atoms. The van der Waals surface area contributed by atoms with Crippen LogP contribution in [-0.4, -0.2) is 9.20 Å². The topological polar surface area (TPSA) is 0 Å². The number of rotatable bonds is 1. The van der Waals surface area contributed by atoms with Gasteiger partial charge in [-0.2, -0.15) is 22.4 Å². The highest BCUT2D eigenvalue weighted by atomic mass is 127. The zero-order valence-corrected chi connectivity index (χ0v) is 7.60. The van der Waals surface area contributed by atoms with Crippen molar-refractivity contribution in [3.8, 4) is 0 Å². The van der Waals surface area contributed by atoms with Crippen LogP contribution in [-0.2, 0) is 0 Å².